The van der Waals surface area contributed by atoms with E-state index < -0.39 is 11.6 Å². The van der Waals surface area contributed by atoms with Gasteiger partial charge in [0.25, 0.3) is 0 Å². The van der Waals surface area contributed by atoms with Gasteiger partial charge in [0.05, 0.1) is 12.6 Å². The summed E-state index contributed by atoms with van der Waals surface area (Å²) < 4.78 is 34.1. The topological polar surface area (TPSA) is 87.3 Å². The highest BCUT2D eigenvalue weighted by molar-refractivity contribution is 6.18. The monoisotopic (exact) mass is 430 g/mol. The van der Waals surface area contributed by atoms with Gasteiger partial charge in [-0.05, 0) is 31.4 Å². The fourth-order valence-electron chi connectivity index (χ4n) is 4.20. The second-order valence-electron chi connectivity index (χ2n) is 7.96. The molecule has 3 aliphatic rings. The number of amidine groups is 1. The average molecular weight is 431 g/mol. The van der Waals surface area contributed by atoms with Crippen molar-refractivity contribution in [3.05, 3.63) is 54.1 Å². The highest BCUT2D eigenvalue weighted by atomic mass is 19.1. The zero-order valence-electron chi connectivity index (χ0n) is 17.4. The minimum atomic E-state index is -0.711. The Hall–Kier alpha value is -2.94. The number of rotatable bonds is 5. The molecular weight excluding hydrogens is 402 g/mol. The molecule has 0 radical (unpaired) electrons. The fraction of sp³-hybridized carbons (Fsp3) is 0.455. The molecule has 2 fully saturated rings. The predicted octanol–water partition coefficient (Wildman–Crippen LogP) is 3.43. The lowest BCUT2D eigenvalue weighted by Gasteiger charge is -2.28. The van der Waals surface area contributed by atoms with Crippen molar-refractivity contribution in [3.8, 4) is 0 Å². The molecule has 4 rings (SSSR count). The van der Waals surface area contributed by atoms with Crippen molar-refractivity contribution in [3.63, 3.8) is 0 Å². The minimum Gasteiger partial charge on any atom is -0.403 e. The van der Waals surface area contributed by atoms with E-state index in [1.54, 1.807) is 4.90 Å². The van der Waals surface area contributed by atoms with Crippen molar-refractivity contribution in [2.24, 2.45) is 15.7 Å². The van der Waals surface area contributed by atoms with E-state index in [4.69, 9.17) is 10.5 Å². The SMILES string of the molecule is C=C(/N=C1\C(=C/N)N=C(Nc2c(F)cccc2F)N1[C@@H]1CCOC1)NC1CCCCC1. The van der Waals surface area contributed by atoms with Crippen LogP contribution in [0.5, 0.6) is 0 Å². The normalized spacial score (nSPS) is 24.6. The van der Waals surface area contributed by atoms with Gasteiger partial charge >= 0.3 is 0 Å². The van der Waals surface area contributed by atoms with Gasteiger partial charge < -0.3 is 21.1 Å². The quantitative estimate of drug-likeness (QED) is 0.666. The summed E-state index contributed by atoms with van der Waals surface area (Å²) >= 11 is 0. The number of aliphatic imine (C=N–C) groups is 2. The second kappa shape index (κ2) is 9.47. The number of nitrogens with two attached hydrogens (primary N) is 1. The van der Waals surface area contributed by atoms with Gasteiger partial charge in [0.2, 0.25) is 5.96 Å². The van der Waals surface area contributed by atoms with Crippen LogP contribution < -0.4 is 16.4 Å². The lowest BCUT2D eigenvalue weighted by molar-refractivity contribution is 0.184. The molecule has 31 heavy (non-hydrogen) atoms. The Morgan fingerprint density at radius 1 is 1.23 bits per heavy atom. The molecule has 0 unspecified atom stereocenters. The molecule has 1 aromatic carbocycles. The van der Waals surface area contributed by atoms with Crippen molar-refractivity contribution < 1.29 is 13.5 Å². The first-order chi connectivity index (χ1) is 15.1. The summed E-state index contributed by atoms with van der Waals surface area (Å²) in [5, 5.41) is 6.18. The molecule has 7 nitrogen and oxygen atoms in total. The van der Waals surface area contributed by atoms with E-state index in [2.05, 4.69) is 27.2 Å². The molecular formula is C22H28F2N6O. The van der Waals surface area contributed by atoms with Gasteiger partial charge in [0.1, 0.15) is 28.8 Å². The third kappa shape index (κ3) is 4.71. The molecule has 2 aliphatic heterocycles. The molecule has 1 atom stereocenters. The minimum absolute atomic E-state index is 0.0974. The number of nitrogens with one attached hydrogen (secondary N) is 2. The number of nitrogens with zero attached hydrogens (tertiary/aromatic N) is 3. The summed E-state index contributed by atoms with van der Waals surface area (Å²) in [7, 11) is 0. The van der Waals surface area contributed by atoms with E-state index in [1.165, 1.54) is 43.7 Å². The first-order valence-electron chi connectivity index (χ1n) is 10.7. The third-order valence-electron chi connectivity index (χ3n) is 5.76. The van der Waals surface area contributed by atoms with E-state index in [0.717, 1.165) is 19.3 Å². The van der Waals surface area contributed by atoms with Gasteiger partial charge in [-0.2, -0.15) is 0 Å². The van der Waals surface area contributed by atoms with Crippen molar-refractivity contribution in [2.45, 2.75) is 50.6 Å². The summed E-state index contributed by atoms with van der Waals surface area (Å²) in [5.41, 5.74) is 5.95. The summed E-state index contributed by atoms with van der Waals surface area (Å²) in [6.45, 7) is 5.09. The third-order valence-corrected chi connectivity index (χ3v) is 5.76. The van der Waals surface area contributed by atoms with Crippen LogP contribution in [0.2, 0.25) is 0 Å². The number of benzene rings is 1. The molecule has 0 amide bonds. The summed E-state index contributed by atoms with van der Waals surface area (Å²) in [6, 6.07) is 3.93. The Morgan fingerprint density at radius 2 is 1.97 bits per heavy atom. The van der Waals surface area contributed by atoms with Gasteiger partial charge in [0.15, 0.2) is 5.84 Å². The largest absolute Gasteiger partial charge is 0.403 e. The summed E-state index contributed by atoms with van der Waals surface area (Å²) in [6.07, 6.45) is 7.85. The molecule has 0 spiro atoms. The molecule has 1 aromatic rings. The fourth-order valence-corrected chi connectivity index (χ4v) is 4.20. The number of hydrogen-bond acceptors (Lipinski definition) is 6. The maximum atomic E-state index is 14.3. The zero-order chi connectivity index (χ0) is 21.8. The van der Waals surface area contributed by atoms with E-state index in [0.29, 0.717) is 36.6 Å². The van der Waals surface area contributed by atoms with E-state index in [9.17, 15) is 8.78 Å². The first-order valence-corrected chi connectivity index (χ1v) is 10.7. The molecule has 2 heterocycles. The van der Waals surface area contributed by atoms with Gasteiger partial charge in [0, 0.05) is 18.8 Å². The van der Waals surface area contributed by atoms with Crippen molar-refractivity contribution >= 4 is 17.5 Å². The van der Waals surface area contributed by atoms with E-state index in [1.807, 2.05) is 0 Å². The highest BCUT2D eigenvalue weighted by Gasteiger charge is 2.37. The average Bonchev–Trinajstić information content (AvgIpc) is 3.39. The van der Waals surface area contributed by atoms with Crippen LogP contribution >= 0.6 is 0 Å². The second-order valence-corrected chi connectivity index (χ2v) is 7.96. The molecule has 0 aromatic heterocycles. The Morgan fingerprint density at radius 3 is 2.61 bits per heavy atom. The lowest BCUT2D eigenvalue weighted by atomic mass is 9.96. The Labute approximate surface area is 180 Å². The zero-order valence-corrected chi connectivity index (χ0v) is 17.4. The van der Waals surface area contributed by atoms with Crippen LogP contribution in [0.4, 0.5) is 14.5 Å². The molecule has 9 heteroatoms. The van der Waals surface area contributed by atoms with Crippen LogP contribution in [0.25, 0.3) is 0 Å². The Kier molecular flexibility index (Phi) is 6.50. The van der Waals surface area contributed by atoms with Crippen molar-refractivity contribution in [2.75, 3.05) is 18.5 Å². The van der Waals surface area contributed by atoms with Crippen LogP contribution in [0.3, 0.4) is 0 Å². The molecule has 4 N–H and O–H groups in total. The van der Waals surface area contributed by atoms with Crippen LogP contribution in [-0.2, 0) is 4.74 Å². The maximum Gasteiger partial charge on any atom is 0.210 e. The number of ether oxygens (including phenoxy) is 1. The number of hydrogen-bond donors (Lipinski definition) is 3. The van der Waals surface area contributed by atoms with Crippen LogP contribution in [0.1, 0.15) is 38.5 Å². The number of para-hydroxylation sites is 1. The van der Waals surface area contributed by atoms with Gasteiger partial charge in [-0.1, -0.05) is 31.9 Å². The standard InChI is InChI=1S/C22H28F2N6O/c1-14(26-15-6-3-2-4-7-15)27-21-19(12-25)28-22(30(21)16-10-11-31-13-16)29-20-17(23)8-5-9-18(20)24/h5,8-9,12,15-16,26H,1-4,6-7,10-11,13,25H2,(H,28,29)/b19-12+,27-21+/t16-/m1/s1. The number of guanidine groups is 1. The lowest BCUT2D eigenvalue weighted by Crippen LogP contribution is -2.45. The predicted molar refractivity (Wildman–Crippen MR) is 117 cm³/mol. The van der Waals surface area contributed by atoms with E-state index in [-0.39, 0.29) is 17.7 Å². The van der Waals surface area contributed by atoms with Crippen LogP contribution in [0, 0.1) is 11.6 Å². The Balaban J connectivity index is 1.62. The van der Waals surface area contributed by atoms with Crippen molar-refractivity contribution in [1.82, 2.24) is 10.2 Å². The van der Waals surface area contributed by atoms with E-state index >= 15 is 0 Å². The van der Waals surface area contributed by atoms with Crippen molar-refractivity contribution in [1.29, 1.82) is 0 Å². The molecule has 0 bridgehead atoms. The Bertz CT molecular complexity index is 896. The van der Waals surface area contributed by atoms with Crippen LogP contribution in [-0.4, -0.2) is 42.0 Å². The van der Waals surface area contributed by atoms with Gasteiger partial charge in [-0.25, -0.2) is 18.8 Å². The smallest absolute Gasteiger partial charge is 0.210 e. The van der Waals surface area contributed by atoms with Gasteiger partial charge in [-0.3, -0.25) is 4.90 Å². The first kappa shape index (κ1) is 21.3. The summed E-state index contributed by atoms with van der Waals surface area (Å²) in [5.74, 6) is -0.181. The molecule has 1 saturated heterocycles. The van der Waals surface area contributed by atoms with Gasteiger partial charge in [-0.15, -0.1) is 0 Å². The molecule has 1 saturated carbocycles. The number of halogens is 2. The highest BCUT2D eigenvalue weighted by Crippen LogP contribution is 2.27. The summed E-state index contributed by atoms with van der Waals surface area (Å²) in [4.78, 5) is 10.9. The molecule has 1 aliphatic carbocycles. The molecule has 166 valence electrons. The maximum absolute atomic E-state index is 14.3. The van der Waals surface area contributed by atoms with Crippen LogP contribution in [0.15, 0.2) is 52.5 Å². The number of anilines is 1.